The third-order valence-corrected chi connectivity index (χ3v) is 8.29. The van der Waals surface area contributed by atoms with Gasteiger partial charge in [-0.3, -0.25) is 24.3 Å². The molecule has 0 aliphatic carbocycles. The van der Waals surface area contributed by atoms with E-state index in [1.165, 1.54) is 6.07 Å². The highest BCUT2D eigenvalue weighted by atomic mass is 32.2. The van der Waals surface area contributed by atoms with Crippen LogP contribution in [0.5, 0.6) is 0 Å². The Kier molecular flexibility index (Phi) is 5.36. The molecule has 10 heteroatoms. The molecule has 1 fully saturated rings. The van der Waals surface area contributed by atoms with Crippen molar-refractivity contribution < 1.29 is 18.0 Å². The minimum Gasteiger partial charge on any atom is -0.384 e. The number of hydrogen-bond acceptors (Lipinski definition) is 7. The Morgan fingerprint density at radius 2 is 1.84 bits per heavy atom. The molecular weight excluding hydrogens is 432 g/mol. The van der Waals surface area contributed by atoms with Crippen molar-refractivity contribution in [3.8, 4) is 5.69 Å². The number of anilines is 2. The van der Waals surface area contributed by atoms with Crippen LogP contribution in [0.3, 0.4) is 0 Å². The van der Waals surface area contributed by atoms with Crippen LogP contribution < -0.4 is 21.5 Å². The molecule has 4 rings (SSSR count). The molecule has 0 spiro atoms. The Labute approximate surface area is 186 Å². The first kappa shape index (κ1) is 22.1. The summed E-state index contributed by atoms with van der Waals surface area (Å²) in [4.78, 5) is 39.4. The molecule has 1 aromatic heterocycles. The second-order valence-corrected chi connectivity index (χ2v) is 11.2. The molecular formula is C22H26N4O5S. The molecule has 2 amide bonds. The van der Waals surface area contributed by atoms with Gasteiger partial charge in [-0.05, 0) is 50.8 Å². The Balaban J connectivity index is 2.00. The van der Waals surface area contributed by atoms with E-state index in [0.29, 0.717) is 5.92 Å². The number of sulfone groups is 1. The molecule has 2 aromatic rings. The summed E-state index contributed by atoms with van der Waals surface area (Å²) < 4.78 is 27.3. The third kappa shape index (κ3) is 3.48. The van der Waals surface area contributed by atoms with Gasteiger partial charge in [0.15, 0.2) is 9.84 Å². The summed E-state index contributed by atoms with van der Waals surface area (Å²) in [6.45, 7) is 6.89. The zero-order valence-corrected chi connectivity index (χ0v) is 19.0. The van der Waals surface area contributed by atoms with Gasteiger partial charge in [0.2, 0.25) is 0 Å². The third-order valence-electron chi connectivity index (χ3n) is 6.09. The monoisotopic (exact) mass is 458 g/mol. The Hall–Kier alpha value is -3.14. The SMILES string of the molecule is CC1CCCN(c2ccc(S(=O)(=O)C(C)C)c(-n3c(N)c4c(cc3=O)C(=O)NC4=O)c2)C1. The van der Waals surface area contributed by atoms with Crippen LogP contribution in [0.4, 0.5) is 11.5 Å². The molecule has 1 unspecified atom stereocenters. The fraction of sp³-hybridized carbons (Fsp3) is 0.409. The summed E-state index contributed by atoms with van der Waals surface area (Å²) in [6, 6.07) is 5.88. The maximum atomic E-state index is 13.1. The molecule has 2 aliphatic rings. The second kappa shape index (κ2) is 7.77. The average Bonchev–Trinajstić information content (AvgIpc) is 3.01. The number of imide groups is 1. The summed E-state index contributed by atoms with van der Waals surface area (Å²) in [5.41, 5.74) is 6.12. The summed E-state index contributed by atoms with van der Waals surface area (Å²) in [5, 5.41) is 1.39. The molecule has 9 nitrogen and oxygen atoms in total. The highest BCUT2D eigenvalue weighted by Gasteiger charge is 2.33. The highest BCUT2D eigenvalue weighted by molar-refractivity contribution is 7.92. The van der Waals surface area contributed by atoms with E-state index in [9.17, 15) is 22.8 Å². The first-order valence-electron chi connectivity index (χ1n) is 10.6. The van der Waals surface area contributed by atoms with Crippen LogP contribution >= 0.6 is 0 Å². The number of aromatic nitrogens is 1. The maximum absolute atomic E-state index is 13.1. The van der Waals surface area contributed by atoms with Gasteiger partial charge in [-0.1, -0.05) is 6.92 Å². The van der Waals surface area contributed by atoms with E-state index >= 15 is 0 Å². The maximum Gasteiger partial charge on any atom is 0.262 e. The van der Waals surface area contributed by atoms with Gasteiger partial charge in [0.05, 0.1) is 27.0 Å². The number of nitrogens with one attached hydrogen (secondary N) is 1. The van der Waals surface area contributed by atoms with Crippen LogP contribution in [-0.4, -0.2) is 43.1 Å². The Morgan fingerprint density at radius 3 is 2.50 bits per heavy atom. The van der Waals surface area contributed by atoms with E-state index < -0.39 is 32.5 Å². The van der Waals surface area contributed by atoms with E-state index in [2.05, 4.69) is 17.1 Å². The number of carbonyl (C=O) groups is 2. The van der Waals surface area contributed by atoms with Gasteiger partial charge in [0.1, 0.15) is 5.82 Å². The number of nitrogens with zero attached hydrogens (tertiary/aromatic N) is 2. The quantitative estimate of drug-likeness (QED) is 0.667. The molecule has 0 bridgehead atoms. The van der Waals surface area contributed by atoms with Crippen LogP contribution in [-0.2, 0) is 9.84 Å². The largest absolute Gasteiger partial charge is 0.384 e. The van der Waals surface area contributed by atoms with Gasteiger partial charge in [-0.15, -0.1) is 0 Å². The fourth-order valence-electron chi connectivity index (χ4n) is 4.32. The predicted molar refractivity (Wildman–Crippen MR) is 121 cm³/mol. The van der Waals surface area contributed by atoms with Crippen molar-refractivity contribution in [2.24, 2.45) is 5.92 Å². The minimum atomic E-state index is -3.79. The average molecular weight is 459 g/mol. The normalized spacial score (nSPS) is 18.8. The molecule has 1 saturated heterocycles. The smallest absolute Gasteiger partial charge is 0.262 e. The lowest BCUT2D eigenvalue weighted by Gasteiger charge is -2.33. The van der Waals surface area contributed by atoms with Gasteiger partial charge in [-0.2, -0.15) is 0 Å². The van der Waals surface area contributed by atoms with Gasteiger partial charge < -0.3 is 10.6 Å². The predicted octanol–water partition coefficient (Wildman–Crippen LogP) is 1.72. The summed E-state index contributed by atoms with van der Waals surface area (Å²) in [6.07, 6.45) is 2.12. The van der Waals surface area contributed by atoms with Gasteiger partial charge >= 0.3 is 0 Å². The number of fused-ring (bicyclic) bond motifs is 1. The van der Waals surface area contributed by atoms with Crippen LogP contribution in [0, 0.1) is 5.92 Å². The van der Waals surface area contributed by atoms with E-state index in [4.69, 9.17) is 5.73 Å². The van der Waals surface area contributed by atoms with Gasteiger partial charge in [0, 0.05) is 24.8 Å². The minimum absolute atomic E-state index is 0.0558. The second-order valence-electron chi connectivity index (χ2n) is 8.71. The lowest BCUT2D eigenvalue weighted by atomic mass is 9.99. The lowest BCUT2D eigenvalue weighted by molar-refractivity contribution is 0.0880. The number of amides is 2. The summed E-state index contributed by atoms with van der Waals surface area (Å²) in [5.74, 6) is -1.20. The number of benzene rings is 1. The molecule has 170 valence electrons. The number of rotatable bonds is 4. The van der Waals surface area contributed by atoms with Gasteiger partial charge in [0.25, 0.3) is 17.4 Å². The molecule has 32 heavy (non-hydrogen) atoms. The molecule has 1 atom stereocenters. The molecule has 2 aliphatic heterocycles. The van der Waals surface area contributed by atoms with Crippen LogP contribution in [0.2, 0.25) is 0 Å². The standard InChI is InChI=1S/C22H26N4O5S/c1-12(2)32(30,31)17-7-6-14(25-8-4-5-13(3)11-25)9-16(17)26-18(27)10-15-19(20(26)23)22(29)24-21(15)28/h6-7,9-10,12-13H,4-5,8,11,23H2,1-3H3,(H,24,28,29). The zero-order chi connectivity index (χ0) is 23.4. The highest BCUT2D eigenvalue weighted by Crippen LogP contribution is 2.32. The van der Waals surface area contributed by atoms with Crippen LogP contribution in [0.1, 0.15) is 54.3 Å². The van der Waals surface area contributed by atoms with Crippen molar-refractivity contribution >= 4 is 33.2 Å². The molecule has 1 aromatic carbocycles. The molecule has 0 radical (unpaired) electrons. The van der Waals surface area contributed by atoms with Crippen molar-refractivity contribution in [3.05, 3.63) is 45.7 Å². The van der Waals surface area contributed by atoms with Crippen LogP contribution in [0.15, 0.2) is 34.0 Å². The zero-order valence-electron chi connectivity index (χ0n) is 18.2. The van der Waals surface area contributed by atoms with Crippen molar-refractivity contribution in [1.29, 1.82) is 0 Å². The van der Waals surface area contributed by atoms with Crippen molar-refractivity contribution in [2.75, 3.05) is 23.7 Å². The first-order chi connectivity index (χ1) is 15.0. The first-order valence-corrected chi connectivity index (χ1v) is 12.1. The summed E-state index contributed by atoms with van der Waals surface area (Å²) >= 11 is 0. The lowest BCUT2D eigenvalue weighted by Crippen LogP contribution is -2.34. The molecule has 3 heterocycles. The molecule has 0 saturated carbocycles. The number of nitrogens with two attached hydrogens (primary N) is 1. The molecule has 3 N–H and O–H groups in total. The number of pyridine rings is 1. The van der Waals surface area contributed by atoms with Crippen molar-refractivity contribution in [2.45, 2.75) is 43.8 Å². The topological polar surface area (TPSA) is 132 Å². The van der Waals surface area contributed by atoms with E-state index in [0.717, 1.165) is 42.3 Å². The Morgan fingerprint density at radius 1 is 1.12 bits per heavy atom. The number of piperidine rings is 1. The number of nitrogen functional groups attached to an aromatic ring is 1. The summed E-state index contributed by atoms with van der Waals surface area (Å²) in [7, 11) is -3.79. The Bertz CT molecular complexity index is 1300. The fourth-order valence-corrected chi connectivity index (χ4v) is 5.53. The van der Waals surface area contributed by atoms with Crippen molar-refractivity contribution in [1.82, 2.24) is 9.88 Å². The number of hydrogen-bond donors (Lipinski definition) is 2. The van der Waals surface area contributed by atoms with Crippen molar-refractivity contribution in [3.63, 3.8) is 0 Å². The van der Waals surface area contributed by atoms with Crippen LogP contribution in [0.25, 0.3) is 5.69 Å². The van der Waals surface area contributed by atoms with Gasteiger partial charge in [-0.25, -0.2) is 8.42 Å². The van der Waals surface area contributed by atoms with E-state index in [1.807, 2.05) is 0 Å². The van der Waals surface area contributed by atoms with E-state index in [-0.39, 0.29) is 27.5 Å². The van der Waals surface area contributed by atoms with E-state index in [1.54, 1.807) is 26.0 Å². The number of carbonyl (C=O) groups excluding carboxylic acids is 2.